The van der Waals surface area contributed by atoms with Gasteiger partial charge >= 0.3 is 5.97 Å². The average molecular weight is 584 g/mol. The second-order valence-corrected chi connectivity index (χ2v) is 11.2. The number of nitrogens with one attached hydrogen (secondary N) is 1. The minimum Gasteiger partial charge on any atom is -0.469 e. The van der Waals surface area contributed by atoms with Crippen molar-refractivity contribution in [1.29, 1.82) is 0 Å². The lowest BCUT2D eigenvalue weighted by Gasteiger charge is -2.50. The fourth-order valence-corrected chi connectivity index (χ4v) is 6.02. The molecule has 0 saturated carbocycles. The highest BCUT2D eigenvalue weighted by molar-refractivity contribution is 8.00. The molecule has 13 nitrogen and oxygen atoms in total. The minimum atomic E-state index is -4.28. The van der Waals surface area contributed by atoms with Crippen LogP contribution >= 0.6 is 11.8 Å². The Morgan fingerprint density at radius 3 is 2.49 bits per heavy atom. The number of methoxy groups -OCH3 is 2. The standard InChI is InChI=1S/C24H29N3O10S2/c1-14-5-7-15(8-6-14)39(32,33)37-13-18(28)19(26-36-4)21(29)25-20-22(30)27-17(10-12-38-23(20)27)16(9-11-34-2)24(31)35-3/h5-8,10,16,20,23H,9,11-13H2,1-4H3,(H,25,29)/t16?,20?,23-/m0/s1. The number of amides is 2. The van der Waals surface area contributed by atoms with Crippen molar-refractivity contribution >= 4 is 51.2 Å². The number of oxime groups is 1. The molecule has 2 heterocycles. The predicted molar refractivity (Wildman–Crippen MR) is 139 cm³/mol. The van der Waals surface area contributed by atoms with Gasteiger partial charge in [-0.05, 0) is 25.5 Å². The Hall–Kier alpha value is -3.27. The van der Waals surface area contributed by atoms with Crippen LogP contribution in [0.5, 0.6) is 0 Å². The Morgan fingerprint density at radius 1 is 1.18 bits per heavy atom. The number of Topliss-reactive ketones (excluding diaryl/α,β-unsaturated/α-hetero) is 1. The number of hydrogen-bond acceptors (Lipinski definition) is 12. The first kappa shape index (κ1) is 30.3. The van der Waals surface area contributed by atoms with Crippen molar-refractivity contribution in [3.63, 3.8) is 0 Å². The number of hydrogen-bond donors (Lipinski definition) is 1. The zero-order chi connectivity index (χ0) is 28.7. The summed E-state index contributed by atoms with van der Waals surface area (Å²) in [6.45, 7) is 1.03. The summed E-state index contributed by atoms with van der Waals surface area (Å²) in [5, 5.41) is 5.33. The van der Waals surface area contributed by atoms with Crippen LogP contribution < -0.4 is 5.32 Å². The second kappa shape index (κ2) is 13.2. The molecule has 3 rings (SSSR count). The molecule has 1 N–H and O–H groups in total. The number of thioether (sulfide) groups is 1. The van der Waals surface area contributed by atoms with Crippen LogP contribution in [0.15, 0.2) is 46.1 Å². The normalized spacial score (nSPS) is 19.8. The number of carbonyl (C=O) groups excluding carboxylic acids is 4. The highest BCUT2D eigenvalue weighted by atomic mass is 32.2. The third-order valence-corrected chi connectivity index (χ3v) is 8.40. The lowest BCUT2D eigenvalue weighted by Crippen LogP contribution is -2.71. The number of nitrogens with zero attached hydrogens (tertiary/aromatic N) is 2. The topological polar surface area (TPSA) is 167 Å². The number of fused-ring (bicyclic) bond motifs is 1. The molecular formula is C24H29N3O10S2. The van der Waals surface area contributed by atoms with Gasteiger partial charge in [0.2, 0.25) is 11.5 Å². The molecule has 15 heteroatoms. The highest BCUT2D eigenvalue weighted by Crippen LogP contribution is 2.41. The van der Waals surface area contributed by atoms with Crippen molar-refractivity contribution in [2.75, 3.05) is 40.3 Å². The second-order valence-electron chi connectivity index (χ2n) is 8.44. The van der Waals surface area contributed by atoms with E-state index in [2.05, 4.69) is 15.3 Å². The largest absolute Gasteiger partial charge is 0.469 e. The molecule has 0 radical (unpaired) electrons. The van der Waals surface area contributed by atoms with E-state index in [1.54, 1.807) is 25.1 Å². The highest BCUT2D eigenvalue weighted by Gasteiger charge is 2.53. The van der Waals surface area contributed by atoms with Gasteiger partial charge in [-0.15, -0.1) is 11.8 Å². The SMILES string of the molecule is COCCC(C(=O)OC)C1=CCS[C@H]2C(NC(=O)C(=NOC)C(=O)COS(=O)(=O)c3ccc(C)cc3)C(=O)N12. The summed E-state index contributed by atoms with van der Waals surface area (Å²) in [5.41, 5.74) is 0.511. The summed E-state index contributed by atoms with van der Waals surface area (Å²) < 4.78 is 39.6. The molecule has 1 aromatic carbocycles. The maximum absolute atomic E-state index is 13.0. The zero-order valence-electron chi connectivity index (χ0n) is 21.7. The Bertz CT molecular complexity index is 1280. The quantitative estimate of drug-likeness (QED) is 0.0851. The molecule has 212 valence electrons. The van der Waals surface area contributed by atoms with Crippen molar-refractivity contribution in [1.82, 2.24) is 10.2 Å². The van der Waals surface area contributed by atoms with Gasteiger partial charge in [-0.3, -0.25) is 28.3 Å². The molecule has 0 aliphatic carbocycles. The summed E-state index contributed by atoms with van der Waals surface area (Å²) in [5.74, 6) is -3.42. The molecule has 1 fully saturated rings. The summed E-state index contributed by atoms with van der Waals surface area (Å²) in [6, 6.07) is 4.75. The van der Waals surface area contributed by atoms with E-state index in [9.17, 15) is 27.6 Å². The lowest BCUT2D eigenvalue weighted by atomic mass is 9.95. The van der Waals surface area contributed by atoms with E-state index >= 15 is 0 Å². The summed E-state index contributed by atoms with van der Waals surface area (Å²) in [7, 11) is -0.440. The van der Waals surface area contributed by atoms with E-state index in [0.29, 0.717) is 11.4 Å². The molecule has 2 unspecified atom stereocenters. The maximum atomic E-state index is 13.0. The van der Waals surface area contributed by atoms with Gasteiger partial charge in [0.05, 0.1) is 17.9 Å². The van der Waals surface area contributed by atoms with E-state index < -0.39 is 63.3 Å². The van der Waals surface area contributed by atoms with Crippen molar-refractivity contribution in [2.24, 2.45) is 11.1 Å². The number of esters is 1. The maximum Gasteiger partial charge on any atom is 0.314 e. The fourth-order valence-electron chi connectivity index (χ4n) is 3.94. The first-order chi connectivity index (χ1) is 18.5. The van der Waals surface area contributed by atoms with Crippen molar-refractivity contribution in [2.45, 2.75) is 29.7 Å². The van der Waals surface area contributed by atoms with Crippen LogP contribution in [0.3, 0.4) is 0 Å². The number of rotatable bonds is 13. The van der Waals surface area contributed by atoms with Gasteiger partial charge in [0.25, 0.3) is 21.9 Å². The number of ether oxygens (including phenoxy) is 2. The summed E-state index contributed by atoms with van der Waals surface area (Å²) in [6.07, 6.45) is 2.04. The third-order valence-electron chi connectivity index (χ3n) is 5.94. The van der Waals surface area contributed by atoms with Crippen molar-refractivity contribution in [3.05, 3.63) is 41.6 Å². The Balaban J connectivity index is 1.68. The number of benzene rings is 1. The van der Waals surface area contributed by atoms with Gasteiger partial charge in [0.15, 0.2) is 0 Å². The molecule has 1 aromatic rings. The lowest BCUT2D eigenvalue weighted by molar-refractivity contribution is -0.150. The average Bonchev–Trinajstić information content (AvgIpc) is 2.93. The van der Waals surface area contributed by atoms with Gasteiger partial charge < -0.3 is 19.6 Å². The van der Waals surface area contributed by atoms with E-state index in [-0.39, 0.29) is 17.9 Å². The van der Waals surface area contributed by atoms with Crippen molar-refractivity contribution < 1.29 is 46.1 Å². The molecule has 0 spiro atoms. The molecule has 39 heavy (non-hydrogen) atoms. The van der Waals surface area contributed by atoms with Gasteiger partial charge in [0.1, 0.15) is 25.1 Å². The van der Waals surface area contributed by atoms with E-state index in [0.717, 1.165) is 12.7 Å². The van der Waals surface area contributed by atoms with Gasteiger partial charge in [-0.25, -0.2) is 0 Å². The molecule has 0 bridgehead atoms. The smallest absolute Gasteiger partial charge is 0.314 e. The van der Waals surface area contributed by atoms with Crippen LogP contribution in [0.2, 0.25) is 0 Å². The van der Waals surface area contributed by atoms with E-state index in [1.165, 1.54) is 43.0 Å². The number of carbonyl (C=O) groups is 4. The molecule has 2 aliphatic heterocycles. The van der Waals surface area contributed by atoms with E-state index in [1.807, 2.05) is 0 Å². The van der Waals surface area contributed by atoms with Gasteiger partial charge in [-0.1, -0.05) is 28.9 Å². The number of ketones is 1. The molecular weight excluding hydrogens is 554 g/mol. The molecule has 0 aromatic heterocycles. The molecule has 2 amide bonds. The number of β-lactam (4-membered cyclic amide) rings is 1. The third kappa shape index (κ3) is 6.84. The fraction of sp³-hybridized carbons (Fsp3) is 0.458. The van der Waals surface area contributed by atoms with Gasteiger partial charge in [-0.2, -0.15) is 8.42 Å². The molecule has 2 aliphatic rings. The minimum absolute atomic E-state index is 0.162. The predicted octanol–water partition coefficient (Wildman–Crippen LogP) is 0.381. The monoisotopic (exact) mass is 583 g/mol. The first-order valence-electron chi connectivity index (χ1n) is 11.7. The first-order valence-corrected chi connectivity index (χ1v) is 14.1. The number of aryl methyl sites for hydroxylation is 1. The zero-order valence-corrected chi connectivity index (χ0v) is 23.4. The van der Waals surface area contributed by atoms with E-state index in [4.69, 9.17) is 13.7 Å². The van der Waals surface area contributed by atoms with Crippen LogP contribution in [0.1, 0.15) is 12.0 Å². The molecule has 1 saturated heterocycles. The van der Waals surface area contributed by atoms with Crippen LogP contribution in [0.4, 0.5) is 0 Å². The Kier molecular flexibility index (Phi) is 10.2. The van der Waals surface area contributed by atoms with Crippen molar-refractivity contribution in [3.8, 4) is 0 Å². The van der Waals surface area contributed by atoms with Crippen LogP contribution in [-0.2, 0) is 47.8 Å². The summed E-state index contributed by atoms with van der Waals surface area (Å²) >= 11 is 1.35. The van der Waals surface area contributed by atoms with Crippen LogP contribution in [0.25, 0.3) is 0 Å². The summed E-state index contributed by atoms with van der Waals surface area (Å²) in [4.78, 5) is 56.8. The van der Waals surface area contributed by atoms with Gasteiger partial charge in [0, 0.05) is 25.2 Å². The Morgan fingerprint density at radius 2 is 1.87 bits per heavy atom. The molecule has 3 atom stereocenters. The van der Waals surface area contributed by atoms with Crippen LogP contribution in [-0.4, -0.2) is 94.3 Å². The van der Waals surface area contributed by atoms with Crippen LogP contribution in [0, 0.1) is 12.8 Å². The Labute approximate surface area is 230 Å².